The number of allylic oxidation sites excluding steroid dienone is 5. The highest BCUT2D eigenvalue weighted by Gasteiger charge is 2.26. The molecule has 2 rings (SSSR count). The van der Waals surface area contributed by atoms with Gasteiger partial charge in [-0.3, -0.25) is 9.59 Å². The summed E-state index contributed by atoms with van der Waals surface area (Å²) in [5, 5.41) is 2.71. The Bertz CT molecular complexity index is 470. The molecule has 4 nitrogen and oxygen atoms in total. The van der Waals surface area contributed by atoms with E-state index in [1.54, 1.807) is 12.2 Å². The maximum Gasteiger partial charge on any atom is 0.270 e. The Morgan fingerprint density at radius 1 is 1.47 bits per heavy atom. The van der Waals surface area contributed by atoms with Crippen LogP contribution in [0.25, 0.3) is 0 Å². The van der Waals surface area contributed by atoms with Gasteiger partial charge in [0.2, 0.25) is 0 Å². The van der Waals surface area contributed by atoms with E-state index in [2.05, 4.69) is 10.3 Å². The minimum absolute atomic E-state index is 0.0859. The number of fused-ring (bicyclic) bond motifs is 1. The van der Waals surface area contributed by atoms with Gasteiger partial charge in [-0.2, -0.15) is 0 Å². The van der Waals surface area contributed by atoms with Crippen molar-refractivity contribution in [2.45, 2.75) is 13.3 Å². The lowest BCUT2D eigenvalue weighted by molar-refractivity contribution is -0.119. The fraction of sp³-hybridized carbons (Fsp3) is 0.308. The molecule has 17 heavy (non-hydrogen) atoms. The fourth-order valence-electron chi connectivity index (χ4n) is 1.72. The lowest BCUT2D eigenvalue weighted by Crippen LogP contribution is -2.31. The van der Waals surface area contributed by atoms with E-state index in [0.29, 0.717) is 12.3 Å². The SMILES string of the molecule is CCCNC(=O)C1=CC(=O)C2C=CC=CC2=N1. The van der Waals surface area contributed by atoms with Gasteiger partial charge in [0, 0.05) is 12.6 Å². The van der Waals surface area contributed by atoms with Crippen molar-refractivity contribution in [2.24, 2.45) is 10.9 Å². The minimum atomic E-state index is -0.317. The maximum atomic E-state index is 11.8. The highest BCUT2D eigenvalue weighted by Crippen LogP contribution is 2.19. The highest BCUT2D eigenvalue weighted by atomic mass is 16.2. The zero-order valence-electron chi connectivity index (χ0n) is 9.64. The van der Waals surface area contributed by atoms with Crippen molar-refractivity contribution in [3.63, 3.8) is 0 Å². The van der Waals surface area contributed by atoms with Gasteiger partial charge in [-0.15, -0.1) is 0 Å². The quantitative estimate of drug-likeness (QED) is 0.791. The first-order valence-corrected chi connectivity index (χ1v) is 5.69. The molecule has 2 aliphatic rings. The van der Waals surface area contributed by atoms with Gasteiger partial charge >= 0.3 is 0 Å². The average Bonchev–Trinajstić information content (AvgIpc) is 2.36. The summed E-state index contributed by atoms with van der Waals surface area (Å²) >= 11 is 0. The fourth-order valence-corrected chi connectivity index (χ4v) is 1.72. The van der Waals surface area contributed by atoms with Gasteiger partial charge in [0.1, 0.15) is 5.70 Å². The Balaban J connectivity index is 2.18. The van der Waals surface area contributed by atoms with Gasteiger partial charge in [0.25, 0.3) is 5.91 Å². The molecule has 0 radical (unpaired) electrons. The second kappa shape index (κ2) is 4.91. The molecule has 0 saturated heterocycles. The van der Waals surface area contributed by atoms with Gasteiger partial charge in [-0.25, -0.2) is 4.99 Å². The second-order valence-corrected chi connectivity index (χ2v) is 3.95. The topological polar surface area (TPSA) is 58.5 Å². The van der Waals surface area contributed by atoms with Crippen LogP contribution < -0.4 is 5.32 Å². The summed E-state index contributed by atoms with van der Waals surface area (Å²) in [6.07, 6.45) is 9.37. The van der Waals surface area contributed by atoms with Crippen molar-refractivity contribution in [3.05, 3.63) is 36.1 Å². The van der Waals surface area contributed by atoms with Crippen LogP contribution in [-0.2, 0) is 9.59 Å². The van der Waals surface area contributed by atoms with Gasteiger partial charge in [-0.05, 0) is 12.5 Å². The smallest absolute Gasteiger partial charge is 0.270 e. The van der Waals surface area contributed by atoms with E-state index in [-0.39, 0.29) is 23.3 Å². The van der Waals surface area contributed by atoms with E-state index < -0.39 is 0 Å². The number of nitrogens with one attached hydrogen (secondary N) is 1. The molecule has 0 spiro atoms. The normalized spacial score (nSPS) is 21.7. The van der Waals surface area contributed by atoms with Crippen LogP contribution in [0.15, 0.2) is 41.1 Å². The molecule has 0 aromatic carbocycles. The predicted octanol–water partition coefficient (Wildman–Crippen LogP) is 1.16. The van der Waals surface area contributed by atoms with Gasteiger partial charge in [0.05, 0.1) is 11.6 Å². The first-order chi connectivity index (χ1) is 8.22. The molecule has 1 heterocycles. The Morgan fingerprint density at radius 3 is 3.06 bits per heavy atom. The van der Waals surface area contributed by atoms with Crippen LogP contribution in [-0.4, -0.2) is 23.9 Å². The minimum Gasteiger partial charge on any atom is -0.351 e. The van der Waals surface area contributed by atoms with Crippen LogP contribution in [0.2, 0.25) is 0 Å². The van der Waals surface area contributed by atoms with Crippen molar-refractivity contribution in [3.8, 4) is 0 Å². The molecule has 4 heteroatoms. The molecule has 1 aliphatic heterocycles. The van der Waals surface area contributed by atoms with Crippen LogP contribution in [0.4, 0.5) is 0 Å². The Hall–Kier alpha value is -1.97. The first-order valence-electron chi connectivity index (χ1n) is 5.69. The number of carbonyl (C=O) groups is 2. The molecule has 1 atom stereocenters. The van der Waals surface area contributed by atoms with E-state index >= 15 is 0 Å². The number of hydrogen-bond donors (Lipinski definition) is 1. The summed E-state index contributed by atoms with van der Waals surface area (Å²) in [4.78, 5) is 27.7. The molecule has 0 saturated carbocycles. The third-order valence-electron chi connectivity index (χ3n) is 2.60. The Morgan fingerprint density at radius 2 is 2.29 bits per heavy atom. The zero-order chi connectivity index (χ0) is 12.3. The number of ketones is 1. The number of hydrogen-bond acceptors (Lipinski definition) is 3. The molecular formula is C13H14N2O2. The summed E-state index contributed by atoms with van der Waals surface area (Å²) in [5.41, 5.74) is 0.844. The second-order valence-electron chi connectivity index (χ2n) is 3.95. The molecule has 88 valence electrons. The standard InChI is InChI=1S/C13H14N2O2/c1-2-7-14-13(17)11-8-12(16)9-5-3-4-6-10(9)15-11/h3-6,8-9H,2,7H2,1H3,(H,14,17). The van der Waals surface area contributed by atoms with Crippen molar-refractivity contribution >= 4 is 17.4 Å². The number of amides is 1. The van der Waals surface area contributed by atoms with E-state index in [4.69, 9.17) is 0 Å². The lowest BCUT2D eigenvalue weighted by Gasteiger charge is -2.18. The monoisotopic (exact) mass is 230 g/mol. The Kier molecular flexibility index (Phi) is 3.32. The van der Waals surface area contributed by atoms with E-state index in [1.807, 2.05) is 19.1 Å². The number of rotatable bonds is 3. The largest absolute Gasteiger partial charge is 0.351 e. The molecule has 0 aromatic rings. The maximum absolute atomic E-state index is 11.8. The third-order valence-corrected chi connectivity index (χ3v) is 2.60. The molecule has 0 fully saturated rings. The number of carbonyl (C=O) groups excluding carboxylic acids is 2. The summed E-state index contributed by atoms with van der Waals surface area (Å²) < 4.78 is 0. The number of nitrogens with zero attached hydrogens (tertiary/aromatic N) is 1. The van der Waals surface area contributed by atoms with Gasteiger partial charge in [0.15, 0.2) is 5.78 Å². The number of aliphatic imine (C=N–C) groups is 1. The molecule has 0 aromatic heterocycles. The van der Waals surface area contributed by atoms with Crippen LogP contribution in [0, 0.1) is 5.92 Å². The van der Waals surface area contributed by atoms with Crippen LogP contribution in [0.1, 0.15) is 13.3 Å². The Labute approximate surface area is 99.8 Å². The van der Waals surface area contributed by atoms with Gasteiger partial charge < -0.3 is 5.32 Å². The molecule has 1 unspecified atom stereocenters. The zero-order valence-corrected chi connectivity index (χ0v) is 9.64. The molecule has 1 amide bonds. The summed E-state index contributed by atoms with van der Waals surface area (Å²) in [5.74, 6) is -0.686. The van der Waals surface area contributed by atoms with E-state index in [1.165, 1.54) is 6.08 Å². The van der Waals surface area contributed by atoms with E-state index in [0.717, 1.165) is 6.42 Å². The van der Waals surface area contributed by atoms with Crippen molar-refractivity contribution in [1.29, 1.82) is 0 Å². The lowest BCUT2D eigenvalue weighted by atomic mass is 9.91. The average molecular weight is 230 g/mol. The van der Waals surface area contributed by atoms with Crippen molar-refractivity contribution in [2.75, 3.05) is 6.54 Å². The van der Waals surface area contributed by atoms with Crippen molar-refractivity contribution < 1.29 is 9.59 Å². The first kappa shape index (κ1) is 11.5. The van der Waals surface area contributed by atoms with Crippen LogP contribution >= 0.6 is 0 Å². The molecule has 0 bridgehead atoms. The summed E-state index contributed by atoms with van der Waals surface area (Å²) in [6, 6.07) is 0. The predicted molar refractivity (Wildman–Crippen MR) is 65.6 cm³/mol. The summed E-state index contributed by atoms with van der Waals surface area (Å²) in [6.45, 7) is 2.56. The highest BCUT2D eigenvalue weighted by molar-refractivity contribution is 6.21. The third kappa shape index (κ3) is 2.41. The molecular weight excluding hydrogens is 216 g/mol. The van der Waals surface area contributed by atoms with Crippen molar-refractivity contribution in [1.82, 2.24) is 5.32 Å². The van der Waals surface area contributed by atoms with Crippen LogP contribution in [0.3, 0.4) is 0 Å². The summed E-state index contributed by atoms with van der Waals surface area (Å²) in [7, 11) is 0. The van der Waals surface area contributed by atoms with Gasteiger partial charge in [-0.1, -0.05) is 25.2 Å². The molecule has 1 aliphatic carbocycles. The van der Waals surface area contributed by atoms with E-state index in [9.17, 15) is 9.59 Å². The molecule has 1 N–H and O–H groups in total. The van der Waals surface area contributed by atoms with Crippen LogP contribution in [0.5, 0.6) is 0 Å².